The van der Waals surface area contributed by atoms with E-state index in [1.807, 2.05) is 0 Å². The zero-order chi connectivity index (χ0) is 30.3. The predicted octanol–water partition coefficient (Wildman–Crippen LogP) is 4.86. The molecule has 0 spiro atoms. The number of fused-ring (bicyclic) bond motifs is 1. The third-order valence-corrected chi connectivity index (χ3v) is 8.48. The quantitative estimate of drug-likeness (QED) is 0.163. The molecule has 16 heteroatoms. The van der Waals surface area contributed by atoms with Crippen LogP contribution < -0.4 is 5.32 Å². The fourth-order valence-electron chi connectivity index (χ4n) is 4.05. The van der Waals surface area contributed by atoms with Crippen molar-refractivity contribution in [3.63, 3.8) is 0 Å². The Labute approximate surface area is 234 Å². The number of aryl methyl sites for hydroxylation is 2. The molecule has 13 nitrogen and oxygen atoms in total. The smallest absolute Gasteiger partial charge is 0.296 e. The first-order valence-corrected chi connectivity index (χ1v) is 15.7. The van der Waals surface area contributed by atoms with Gasteiger partial charge in [0.1, 0.15) is 21.2 Å². The van der Waals surface area contributed by atoms with E-state index in [0.29, 0.717) is 5.56 Å². The highest BCUT2D eigenvalue weighted by Gasteiger charge is 2.25. The van der Waals surface area contributed by atoms with E-state index in [1.165, 1.54) is 31.2 Å². The molecule has 0 aliphatic rings. The van der Waals surface area contributed by atoms with Crippen LogP contribution in [-0.2, 0) is 30.4 Å². The minimum atomic E-state index is -5.04. The van der Waals surface area contributed by atoms with Gasteiger partial charge in [0.2, 0.25) is 0 Å². The van der Waals surface area contributed by atoms with Crippen molar-refractivity contribution < 1.29 is 43.7 Å². The predicted molar refractivity (Wildman–Crippen MR) is 148 cm³/mol. The molecule has 0 aliphatic carbocycles. The molecule has 0 saturated heterocycles. The van der Waals surface area contributed by atoms with Gasteiger partial charge >= 0.3 is 0 Å². The van der Waals surface area contributed by atoms with E-state index in [0.717, 1.165) is 24.3 Å². The van der Waals surface area contributed by atoms with Gasteiger partial charge in [-0.2, -0.15) is 25.3 Å². The second-order valence-corrected chi connectivity index (χ2v) is 13.0. The largest absolute Gasteiger partial charge is 0.321 e. The fraction of sp³-hybridized carbons (Fsp3) is 0.0800. The molecule has 0 saturated carbocycles. The summed E-state index contributed by atoms with van der Waals surface area (Å²) in [6, 6.07) is 14.4. The highest BCUT2D eigenvalue weighted by Crippen LogP contribution is 2.41. The Kier molecular flexibility index (Phi) is 7.83. The average molecular weight is 620 g/mol. The number of rotatable bonds is 7. The summed E-state index contributed by atoms with van der Waals surface area (Å²) in [6.07, 6.45) is 0. The van der Waals surface area contributed by atoms with Gasteiger partial charge in [0.15, 0.2) is 0 Å². The molecule has 0 unspecified atom stereocenters. The normalized spacial score (nSPS) is 12.6. The van der Waals surface area contributed by atoms with Gasteiger partial charge in [-0.05, 0) is 72.8 Å². The van der Waals surface area contributed by atoms with Crippen LogP contribution >= 0.6 is 0 Å². The Bertz CT molecular complexity index is 2080. The molecule has 0 heterocycles. The highest BCUT2D eigenvalue weighted by molar-refractivity contribution is 7.86. The topological polar surface area (TPSA) is 217 Å². The van der Waals surface area contributed by atoms with Crippen LogP contribution in [0.1, 0.15) is 21.5 Å². The maximum atomic E-state index is 12.9. The van der Waals surface area contributed by atoms with Crippen molar-refractivity contribution >= 4 is 64.1 Å². The summed E-state index contributed by atoms with van der Waals surface area (Å²) < 4.78 is 102. The number of anilines is 1. The molecule has 0 radical (unpaired) electrons. The zero-order valence-electron chi connectivity index (χ0n) is 21.2. The lowest BCUT2D eigenvalue weighted by Crippen LogP contribution is -2.13. The monoisotopic (exact) mass is 619 g/mol. The molecule has 4 aromatic carbocycles. The molecule has 1 amide bonds. The lowest BCUT2D eigenvalue weighted by Gasteiger charge is -2.16. The number of carbonyl (C=O) groups excluding carboxylic acids is 1. The van der Waals surface area contributed by atoms with Crippen LogP contribution in [-0.4, -0.2) is 44.8 Å². The second kappa shape index (κ2) is 10.7. The van der Waals surface area contributed by atoms with Crippen LogP contribution in [0.25, 0.3) is 10.8 Å². The third-order valence-electron chi connectivity index (χ3n) is 5.90. The Hall–Kier alpha value is -4.06. The number of hydrogen-bond acceptors (Lipinski definition) is 9. The Morgan fingerprint density at radius 3 is 1.95 bits per heavy atom. The van der Waals surface area contributed by atoms with Gasteiger partial charge in [-0.25, -0.2) is 0 Å². The van der Waals surface area contributed by atoms with Crippen molar-refractivity contribution in [3.8, 4) is 0 Å². The second-order valence-electron chi connectivity index (χ2n) is 8.83. The number of azo groups is 1. The molecule has 4 rings (SSSR count). The highest BCUT2D eigenvalue weighted by atomic mass is 32.2. The average Bonchev–Trinajstić information content (AvgIpc) is 2.87. The van der Waals surface area contributed by atoms with Crippen LogP contribution in [0.3, 0.4) is 0 Å². The maximum Gasteiger partial charge on any atom is 0.296 e. The number of amides is 1. The minimum absolute atomic E-state index is 0.0235. The molecule has 4 N–H and O–H groups in total. The van der Waals surface area contributed by atoms with Crippen molar-refractivity contribution in [1.29, 1.82) is 0 Å². The molecular formula is C25H21N3O10S3. The van der Waals surface area contributed by atoms with Gasteiger partial charge in [-0.1, -0.05) is 24.3 Å². The Morgan fingerprint density at radius 1 is 0.732 bits per heavy atom. The summed E-state index contributed by atoms with van der Waals surface area (Å²) in [5, 5.41) is 10.2. The van der Waals surface area contributed by atoms with Gasteiger partial charge in [0, 0.05) is 10.9 Å². The van der Waals surface area contributed by atoms with Crippen molar-refractivity contribution in [2.75, 3.05) is 5.32 Å². The van der Waals surface area contributed by atoms with E-state index < -0.39 is 56.6 Å². The lowest BCUT2D eigenvalue weighted by molar-refractivity contribution is 0.102. The van der Waals surface area contributed by atoms with Crippen molar-refractivity contribution in [2.45, 2.75) is 28.5 Å². The number of hydrogen-bond donors (Lipinski definition) is 4. The van der Waals surface area contributed by atoms with Gasteiger partial charge in [-0.3, -0.25) is 18.5 Å². The number of nitrogens with one attached hydrogen (secondary N) is 1. The standard InChI is InChI=1S/C25H21N3O10S3/c1-14-8-9-19(21(10-14)40(33,34)35)27-28-24-15(2)23-17(12-22(24)41(36,37)38)11-18(39(30,31)32)13-20(23)26-25(29)16-6-4-3-5-7-16/h3-13H,1-2H3,(H,26,29)(H,30,31,32)(H,33,34,35)(H,36,37,38). The summed E-state index contributed by atoms with van der Waals surface area (Å²) in [7, 11) is -14.6. The zero-order valence-corrected chi connectivity index (χ0v) is 23.6. The van der Waals surface area contributed by atoms with Crippen LogP contribution in [0.5, 0.6) is 0 Å². The van der Waals surface area contributed by atoms with Crippen molar-refractivity contribution in [3.05, 3.63) is 83.4 Å². The van der Waals surface area contributed by atoms with E-state index in [9.17, 15) is 43.7 Å². The molecule has 41 heavy (non-hydrogen) atoms. The third kappa shape index (κ3) is 6.48. The first-order valence-electron chi connectivity index (χ1n) is 11.4. The van der Waals surface area contributed by atoms with Gasteiger partial charge < -0.3 is 5.32 Å². The Morgan fingerprint density at radius 2 is 1.37 bits per heavy atom. The summed E-state index contributed by atoms with van der Waals surface area (Å²) in [6.45, 7) is 2.90. The molecule has 0 bridgehead atoms. The van der Waals surface area contributed by atoms with Crippen LogP contribution in [0.4, 0.5) is 17.1 Å². The van der Waals surface area contributed by atoms with Gasteiger partial charge in [0.05, 0.1) is 10.6 Å². The minimum Gasteiger partial charge on any atom is -0.321 e. The van der Waals surface area contributed by atoms with E-state index in [-0.39, 0.29) is 33.3 Å². The number of carbonyl (C=O) groups is 1. The van der Waals surface area contributed by atoms with Gasteiger partial charge in [-0.15, -0.1) is 10.2 Å². The van der Waals surface area contributed by atoms with Crippen LogP contribution in [0, 0.1) is 13.8 Å². The molecule has 0 aromatic heterocycles. The first kappa shape index (κ1) is 29.9. The van der Waals surface area contributed by atoms with Crippen molar-refractivity contribution in [2.24, 2.45) is 10.2 Å². The summed E-state index contributed by atoms with van der Waals surface area (Å²) in [5.41, 5.74) is -0.346. The summed E-state index contributed by atoms with van der Waals surface area (Å²) >= 11 is 0. The SMILES string of the molecule is Cc1ccc(N=Nc2c(S(=O)(=O)O)cc3cc(S(=O)(=O)O)cc(NC(=O)c4ccccc4)c3c2C)c(S(=O)(=O)O)c1. The summed E-state index contributed by atoms with van der Waals surface area (Å²) in [5.74, 6) is -0.668. The number of nitrogens with zero attached hydrogens (tertiary/aromatic N) is 2. The van der Waals surface area contributed by atoms with E-state index in [4.69, 9.17) is 0 Å². The summed E-state index contributed by atoms with van der Waals surface area (Å²) in [4.78, 5) is 10.8. The maximum absolute atomic E-state index is 12.9. The molecule has 0 atom stereocenters. The number of benzene rings is 4. The molecule has 214 valence electrons. The molecule has 4 aromatic rings. The lowest BCUT2D eigenvalue weighted by atomic mass is 10.0. The Balaban J connectivity index is 2.03. The first-order chi connectivity index (χ1) is 19.0. The molecular weight excluding hydrogens is 598 g/mol. The van der Waals surface area contributed by atoms with Crippen LogP contribution in [0.15, 0.2) is 91.6 Å². The molecule has 0 fully saturated rings. The fourth-order valence-corrected chi connectivity index (χ4v) is 6.01. The van der Waals surface area contributed by atoms with Crippen molar-refractivity contribution in [1.82, 2.24) is 0 Å². The molecule has 0 aliphatic heterocycles. The van der Waals surface area contributed by atoms with E-state index in [1.54, 1.807) is 25.1 Å². The van der Waals surface area contributed by atoms with Gasteiger partial charge in [0.25, 0.3) is 36.3 Å². The van der Waals surface area contributed by atoms with Crippen LogP contribution in [0.2, 0.25) is 0 Å². The van der Waals surface area contributed by atoms with E-state index >= 15 is 0 Å². The van der Waals surface area contributed by atoms with E-state index in [2.05, 4.69) is 15.5 Å².